The van der Waals surface area contributed by atoms with E-state index in [1.807, 2.05) is 26.0 Å². The van der Waals surface area contributed by atoms with Crippen LogP contribution in [0.3, 0.4) is 0 Å². The Hall–Kier alpha value is -2.36. The Balaban J connectivity index is 1.96. The van der Waals surface area contributed by atoms with Gasteiger partial charge in [0.1, 0.15) is 11.6 Å². The van der Waals surface area contributed by atoms with Gasteiger partial charge in [-0.25, -0.2) is 4.39 Å². The van der Waals surface area contributed by atoms with E-state index < -0.39 is 6.10 Å². The lowest BCUT2D eigenvalue weighted by molar-refractivity contribution is -0.127. The summed E-state index contributed by atoms with van der Waals surface area (Å²) in [6.07, 6.45) is -0.658. The third kappa shape index (κ3) is 4.55. The van der Waals surface area contributed by atoms with Crippen LogP contribution in [0.5, 0.6) is 5.75 Å². The SMILES string of the molecule is Cc1ccc([C@H](C)NC(=O)[C@H](C)Oc2ccc(F)cc2)cc1C. The zero-order chi connectivity index (χ0) is 17.0. The van der Waals surface area contributed by atoms with Gasteiger partial charge in [-0.15, -0.1) is 0 Å². The van der Waals surface area contributed by atoms with E-state index in [2.05, 4.69) is 18.3 Å². The van der Waals surface area contributed by atoms with Gasteiger partial charge >= 0.3 is 0 Å². The van der Waals surface area contributed by atoms with Crippen molar-refractivity contribution in [3.8, 4) is 5.75 Å². The summed E-state index contributed by atoms with van der Waals surface area (Å²) in [6, 6.07) is 11.6. The van der Waals surface area contributed by atoms with E-state index in [9.17, 15) is 9.18 Å². The number of amides is 1. The molecular weight excluding hydrogens is 293 g/mol. The Morgan fingerprint density at radius 1 is 1.04 bits per heavy atom. The van der Waals surface area contributed by atoms with Crippen LogP contribution in [-0.2, 0) is 4.79 Å². The first-order valence-corrected chi connectivity index (χ1v) is 7.66. The molecule has 2 atom stereocenters. The number of benzene rings is 2. The molecule has 0 aromatic heterocycles. The second-order valence-corrected chi connectivity index (χ2v) is 5.79. The summed E-state index contributed by atoms with van der Waals surface area (Å²) in [5.41, 5.74) is 3.47. The number of nitrogens with one attached hydrogen (secondary N) is 1. The molecule has 0 unspecified atom stereocenters. The molecule has 122 valence electrons. The van der Waals surface area contributed by atoms with Crippen molar-refractivity contribution >= 4 is 5.91 Å². The van der Waals surface area contributed by atoms with Crippen LogP contribution >= 0.6 is 0 Å². The summed E-state index contributed by atoms with van der Waals surface area (Å²) in [4.78, 5) is 12.2. The van der Waals surface area contributed by atoms with Crippen molar-refractivity contribution in [2.75, 3.05) is 0 Å². The quantitative estimate of drug-likeness (QED) is 0.902. The topological polar surface area (TPSA) is 38.3 Å². The molecule has 0 bridgehead atoms. The van der Waals surface area contributed by atoms with Crippen molar-refractivity contribution in [2.24, 2.45) is 0 Å². The van der Waals surface area contributed by atoms with Crippen LogP contribution in [0.1, 0.15) is 36.6 Å². The van der Waals surface area contributed by atoms with Crippen molar-refractivity contribution < 1.29 is 13.9 Å². The van der Waals surface area contributed by atoms with Crippen molar-refractivity contribution in [3.05, 3.63) is 65.0 Å². The van der Waals surface area contributed by atoms with Gasteiger partial charge < -0.3 is 10.1 Å². The van der Waals surface area contributed by atoms with Gasteiger partial charge in [-0.3, -0.25) is 4.79 Å². The predicted octanol–water partition coefficient (Wildman–Crippen LogP) is 4.09. The molecule has 0 fully saturated rings. The zero-order valence-corrected chi connectivity index (χ0v) is 13.9. The van der Waals surface area contributed by atoms with Crippen LogP contribution in [0.4, 0.5) is 4.39 Å². The van der Waals surface area contributed by atoms with Crippen LogP contribution in [0.2, 0.25) is 0 Å². The van der Waals surface area contributed by atoms with Gasteiger partial charge in [-0.05, 0) is 68.7 Å². The second kappa shape index (κ2) is 7.27. The van der Waals surface area contributed by atoms with Crippen LogP contribution in [0, 0.1) is 19.7 Å². The Kier molecular flexibility index (Phi) is 5.37. The largest absolute Gasteiger partial charge is 0.481 e. The van der Waals surface area contributed by atoms with Gasteiger partial charge in [-0.1, -0.05) is 18.2 Å². The van der Waals surface area contributed by atoms with Crippen LogP contribution in [0.25, 0.3) is 0 Å². The van der Waals surface area contributed by atoms with Crippen molar-refractivity contribution in [1.29, 1.82) is 0 Å². The Bertz CT molecular complexity index is 682. The standard InChI is InChI=1S/C19H22FNO2/c1-12-5-6-16(11-13(12)2)14(3)21-19(22)15(4)23-18-9-7-17(20)8-10-18/h5-11,14-15H,1-4H3,(H,21,22)/t14-,15-/m0/s1. The number of carbonyl (C=O) groups is 1. The molecule has 2 rings (SSSR count). The lowest BCUT2D eigenvalue weighted by Gasteiger charge is -2.19. The van der Waals surface area contributed by atoms with Gasteiger partial charge in [0.05, 0.1) is 6.04 Å². The van der Waals surface area contributed by atoms with Crippen LogP contribution < -0.4 is 10.1 Å². The summed E-state index contributed by atoms with van der Waals surface area (Å²) in [5, 5.41) is 2.94. The van der Waals surface area contributed by atoms with Gasteiger partial charge in [0.2, 0.25) is 0 Å². The number of carbonyl (C=O) groups excluding carboxylic acids is 1. The second-order valence-electron chi connectivity index (χ2n) is 5.79. The molecule has 2 aromatic carbocycles. The lowest BCUT2D eigenvalue weighted by Crippen LogP contribution is -2.37. The molecule has 1 amide bonds. The maximum absolute atomic E-state index is 12.9. The van der Waals surface area contributed by atoms with E-state index in [-0.39, 0.29) is 17.8 Å². The molecule has 2 aromatic rings. The minimum Gasteiger partial charge on any atom is -0.481 e. The summed E-state index contributed by atoms with van der Waals surface area (Å²) >= 11 is 0. The van der Waals surface area contributed by atoms with Crippen molar-refractivity contribution in [3.63, 3.8) is 0 Å². The van der Waals surface area contributed by atoms with E-state index in [1.165, 1.54) is 35.4 Å². The highest BCUT2D eigenvalue weighted by atomic mass is 19.1. The van der Waals surface area contributed by atoms with E-state index in [4.69, 9.17) is 4.74 Å². The number of hydrogen-bond donors (Lipinski definition) is 1. The first-order chi connectivity index (χ1) is 10.9. The molecular formula is C19H22FNO2. The fraction of sp³-hybridized carbons (Fsp3) is 0.316. The number of aryl methyl sites for hydroxylation is 2. The third-order valence-electron chi connectivity index (χ3n) is 3.89. The minimum absolute atomic E-state index is 0.110. The lowest BCUT2D eigenvalue weighted by atomic mass is 10.0. The Morgan fingerprint density at radius 2 is 1.70 bits per heavy atom. The highest BCUT2D eigenvalue weighted by Crippen LogP contribution is 2.18. The maximum Gasteiger partial charge on any atom is 0.261 e. The number of ether oxygens (including phenoxy) is 1. The van der Waals surface area contributed by atoms with Gasteiger partial charge in [0.25, 0.3) is 5.91 Å². The van der Waals surface area contributed by atoms with E-state index in [0.29, 0.717) is 5.75 Å². The van der Waals surface area contributed by atoms with Crippen LogP contribution in [-0.4, -0.2) is 12.0 Å². The molecule has 3 nitrogen and oxygen atoms in total. The van der Waals surface area contributed by atoms with Crippen molar-refractivity contribution in [2.45, 2.75) is 39.8 Å². The molecule has 23 heavy (non-hydrogen) atoms. The van der Waals surface area contributed by atoms with Gasteiger partial charge in [0.15, 0.2) is 6.10 Å². The monoisotopic (exact) mass is 315 g/mol. The Labute approximate surface area is 136 Å². The molecule has 0 radical (unpaired) electrons. The summed E-state index contributed by atoms with van der Waals surface area (Å²) < 4.78 is 18.4. The van der Waals surface area contributed by atoms with E-state index >= 15 is 0 Å². The molecule has 4 heteroatoms. The number of halogens is 1. The summed E-state index contributed by atoms with van der Waals surface area (Å²) in [6.45, 7) is 7.72. The summed E-state index contributed by atoms with van der Waals surface area (Å²) in [5.74, 6) is -0.0780. The molecule has 0 aliphatic heterocycles. The van der Waals surface area contributed by atoms with Crippen LogP contribution in [0.15, 0.2) is 42.5 Å². The normalized spacial score (nSPS) is 13.3. The average molecular weight is 315 g/mol. The maximum atomic E-state index is 12.9. The molecule has 0 saturated heterocycles. The van der Waals surface area contributed by atoms with Crippen molar-refractivity contribution in [1.82, 2.24) is 5.32 Å². The van der Waals surface area contributed by atoms with Gasteiger partial charge in [0, 0.05) is 0 Å². The Morgan fingerprint density at radius 3 is 2.30 bits per heavy atom. The first-order valence-electron chi connectivity index (χ1n) is 7.66. The van der Waals surface area contributed by atoms with Gasteiger partial charge in [-0.2, -0.15) is 0 Å². The highest BCUT2D eigenvalue weighted by molar-refractivity contribution is 5.81. The molecule has 0 heterocycles. The van der Waals surface area contributed by atoms with E-state index in [1.54, 1.807) is 6.92 Å². The first kappa shape index (κ1) is 17.0. The fourth-order valence-electron chi connectivity index (χ4n) is 2.22. The molecule has 0 spiro atoms. The predicted molar refractivity (Wildman–Crippen MR) is 89.0 cm³/mol. The zero-order valence-electron chi connectivity index (χ0n) is 13.9. The average Bonchev–Trinajstić information content (AvgIpc) is 2.52. The van der Waals surface area contributed by atoms with E-state index in [0.717, 1.165) is 5.56 Å². The fourth-order valence-corrected chi connectivity index (χ4v) is 2.22. The molecule has 0 aliphatic carbocycles. The molecule has 0 saturated carbocycles. The third-order valence-corrected chi connectivity index (χ3v) is 3.89. The highest BCUT2D eigenvalue weighted by Gasteiger charge is 2.18. The molecule has 0 aliphatic rings. The smallest absolute Gasteiger partial charge is 0.261 e. The molecule has 1 N–H and O–H groups in total. The number of hydrogen-bond acceptors (Lipinski definition) is 2. The number of rotatable bonds is 5. The summed E-state index contributed by atoms with van der Waals surface area (Å²) in [7, 11) is 0. The minimum atomic E-state index is -0.658.